The lowest BCUT2D eigenvalue weighted by Crippen LogP contribution is -2.05. The number of thiazole rings is 1. The highest BCUT2D eigenvalue weighted by Crippen LogP contribution is 2.22. The van der Waals surface area contributed by atoms with Crippen LogP contribution in [0.1, 0.15) is 5.01 Å². The Morgan fingerprint density at radius 1 is 1.67 bits per heavy atom. The van der Waals surface area contributed by atoms with Crippen molar-refractivity contribution in [1.29, 1.82) is 0 Å². The number of rotatable bonds is 0. The van der Waals surface area contributed by atoms with Crippen LogP contribution in [0.4, 0.5) is 0 Å². The van der Waals surface area contributed by atoms with E-state index in [4.69, 9.17) is 0 Å². The highest BCUT2D eigenvalue weighted by atomic mass is 127. The Bertz CT molecular complexity index is 488. The molecule has 0 radical (unpaired) electrons. The molecule has 0 spiro atoms. The van der Waals surface area contributed by atoms with Crippen LogP contribution >= 0.6 is 33.9 Å². The molecular weight excluding hydrogens is 287 g/mol. The summed E-state index contributed by atoms with van der Waals surface area (Å²) in [7, 11) is 0. The van der Waals surface area contributed by atoms with E-state index in [9.17, 15) is 4.79 Å². The van der Waals surface area contributed by atoms with Crippen molar-refractivity contribution in [1.82, 2.24) is 9.97 Å². The number of fused-ring (bicyclic) bond motifs is 1. The van der Waals surface area contributed by atoms with Crippen molar-refractivity contribution >= 4 is 44.1 Å². The quantitative estimate of drug-likeness (QED) is 0.754. The van der Waals surface area contributed by atoms with Crippen molar-refractivity contribution < 1.29 is 0 Å². The van der Waals surface area contributed by atoms with Crippen molar-refractivity contribution in [3.8, 4) is 0 Å². The van der Waals surface area contributed by atoms with E-state index in [1.165, 1.54) is 0 Å². The lowest BCUT2D eigenvalue weighted by Gasteiger charge is -1.88. The van der Waals surface area contributed by atoms with E-state index >= 15 is 0 Å². The van der Waals surface area contributed by atoms with Crippen LogP contribution in [0.3, 0.4) is 0 Å². The lowest BCUT2D eigenvalue weighted by molar-refractivity contribution is 1.23. The molecule has 0 amide bonds. The maximum Gasteiger partial charge on any atom is 0.275 e. The first-order chi connectivity index (χ1) is 5.68. The fraction of sp³-hybridized carbons (Fsp3) is 0.143. The van der Waals surface area contributed by atoms with Gasteiger partial charge >= 0.3 is 0 Å². The number of hydrogen-bond acceptors (Lipinski definition) is 3. The molecule has 0 saturated heterocycles. The second-order valence-corrected chi connectivity index (χ2v) is 4.74. The zero-order chi connectivity index (χ0) is 8.72. The zero-order valence-corrected chi connectivity index (χ0v) is 9.19. The van der Waals surface area contributed by atoms with E-state index in [2.05, 4.69) is 32.6 Å². The second-order valence-electron chi connectivity index (χ2n) is 2.38. The van der Waals surface area contributed by atoms with Crippen molar-refractivity contribution in [2.75, 3.05) is 0 Å². The Labute approximate surface area is 86.0 Å². The minimum absolute atomic E-state index is 0.102. The monoisotopic (exact) mass is 292 g/mol. The summed E-state index contributed by atoms with van der Waals surface area (Å²) in [4.78, 5) is 18.0. The highest BCUT2D eigenvalue weighted by Gasteiger charge is 2.06. The third-order valence-electron chi connectivity index (χ3n) is 1.50. The number of nitrogens with one attached hydrogen (secondary N) is 1. The zero-order valence-electron chi connectivity index (χ0n) is 6.22. The van der Waals surface area contributed by atoms with E-state index in [1.54, 1.807) is 17.5 Å². The molecule has 0 aliphatic carbocycles. The SMILES string of the molecule is Cc1nc2c(=O)[nH]cc(I)c2s1. The van der Waals surface area contributed by atoms with Gasteiger partial charge in [0.15, 0.2) is 0 Å². The largest absolute Gasteiger partial charge is 0.326 e. The Balaban J connectivity index is 3.03. The van der Waals surface area contributed by atoms with Gasteiger partial charge in [-0.2, -0.15) is 0 Å². The van der Waals surface area contributed by atoms with Gasteiger partial charge in [-0.25, -0.2) is 4.98 Å². The molecule has 12 heavy (non-hydrogen) atoms. The molecule has 2 heterocycles. The molecule has 3 nitrogen and oxygen atoms in total. The molecule has 0 aliphatic heterocycles. The van der Waals surface area contributed by atoms with Crippen molar-refractivity contribution in [2.45, 2.75) is 6.92 Å². The van der Waals surface area contributed by atoms with Gasteiger partial charge in [0.2, 0.25) is 0 Å². The van der Waals surface area contributed by atoms with Crippen LogP contribution in [0.15, 0.2) is 11.0 Å². The minimum atomic E-state index is -0.102. The first-order valence-electron chi connectivity index (χ1n) is 3.33. The molecule has 0 bridgehead atoms. The third-order valence-corrected chi connectivity index (χ3v) is 3.72. The summed E-state index contributed by atoms with van der Waals surface area (Å²) < 4.78 is 2.03. The summed E-state index contributed by atoms with van der Waals surface area (Å²) in [6.45, 7) is 1.90. The van der Waals surface area contributed by atoms with Crippen molar-refractivity contribution in [2.24, 2.45) is 0 Å². The minimum Gasteiger partial charge on any atom is -0.326 e. The maximum atomic E-state index is 11.2. The van der Waals surface area contributed by atoms with E-state index in [0.29, 0.717) is 5.52 Å². The molecule has 0 aliphatic rings. The number of H-pyrrole nitrogens is 1. The van der Waals surface area contributed by atoms with E-state index in [-0.39, 0.29) is 5.56 Å². The number of aryl methyl sites for hydroxylation is 1. The molecule has 0 aromatic carbocycles. The van der Waals surface area contributed by atoms with Gasteiger partial charge in [0.25, 0.3) is 5.56 Å². The van der Waals surface area contributed by atoms with Crippen molar-refractivity contribution in [3.63, 3.8) is 0 Å². The second kappa shape index (κ2) is 2.81. The molecule has 1 N–H and O–H groups in total. The van der Waals surface area contributed by atoms with Gasteiger partial charge in [-0.3, -0.25) is 4.79 Å². The summed E-state index contributed by atoms with van der Waals surface area (Å²) >= 11 is 3.74. The Hall–Kier alpha value is -0.430. The molecule has 2 rings (SSSR count). The molecule has 62 valence electrons. The van der Waals surface area contributed by atoms with Crippen molar-refractivity contribution in [3.05, 3.63) is 25.1 Å². The number of pyridine rings is 1. The Morgan fingerprint density at radius 2 is 2.42 bits per heavy atom. The van der Waals surface area contributed by atoms with Gasteiger partial charge in [0.1, 0.15) is 5.52 Å². The molecule has 0 saturated carbocycles. The van der Waals surface area contributed by atoms with Crippen LogP contribution in [0, 0.1) is 10.5 Å². The fourth-order valence-electron chi connectivity index (χ4n) is 1.01. The average Bonchev–Trinajstić information content (AvgIpc) is 2.41. The van der Waals surface area contributed by atoms with Crippen LogP contribution in [0.5, 0.6) is 0 Å². The highest BCUT2D eigenvalue weighted by molar-refractivity contribution is 14.1. The fourth-order valence-corrected chi connectivity index (χ4v) is 2.57. The molecule has 5 heteroatoms. The summed E-state index contributed by atoms with van der Waals surface area (Å²) in [6, 6.07) is 0. The van der Waals surface area contributed by atoms with E-state index < -0.39 is 0 Å². The van der Waals surface area contributed by atoms with Crippen LogP contribution < -0.4 is 5.56 Å². The summed E-state index contributed by atoms with van der Waals surface area (Å²) in [5.74, 6) is 0. The normalized spacial score (nSPS) is 10.8. The number of hydrogen-bond donors (Lipinski definition) is 1. The van der Waals surface area contributed by atoms with Crippen LogP contribution in [-0.4, -0.2) is 9.97 Å². The van der Waals surface area contributed by atoms with Gasteiger partial charge in [-0.1, -0.05) is 0 Å². The molecule has 2 aromatic rings. The smallest absolute Gasteiger partial charge is 0.275 e. The van der Waals surface area contributed by atoms with Gasteiger partial charge in [-0.15, -0.1) is 11.3 Å². The number of aromatic nitrogens is 2. The number of nitrogens with zero attached hydrogens (tertiary/aromatic N) is 1. The molecule has 0 atom stereocenters. The molecule has 0 unspecified atom stereocenters. The number of aromatic amines is 1. The van der Waals surface area contributed by atoms with Crippen LogP contribution in [0.2, 0.25) is 0 Å². The molecule has 2 aromatic heterocycles. The van der Waals surface area contributed by atoms with Crippen LogP contribution in [0.25, 0.3) is 10.2 Å². The third kappa shape index (κ3) is 1.16. The standard InChI is InChI=1S/C7H5IN2OS/c1-3-10-5-6(12-3)4(8)2-9-7(5)11/h2H,1H3,(H,9,11). The van der Waals surface area contributed by atoms with E-state index in [1.807, 2.05) is 6.92 Å². The predicted molar refractivity (Wildman–Crippen MR) is 57.7 cm³/mol. The summed E-state index contributed by atoms with van der Waals surface area (Å²) in [5, 5.41) is 0.930. The molecular formula is C7H5IN2OS. The predicted octanol–water partition coefficient (Wildman–Crippen LogP) is 1.90. The lowest BCUT2D eigenvalue weighted by atomic mass is 10.4. The maximum absolute atomic E-state index is 11.2. The summed E-state index contributed by atoms with van der Waals surface area (Å²) in [5.41, 5.74) is 0.458. The van der Waals surface area contributed by atoms with Crippen LogP contribution in [-0.2, 0) is 0 Å². The molecule has 0 fully saturated rings. The Morgan fingerprint density at radius 3 is 3.08 bits per heavy atom. The topological polar surface area (TPSA) is 45.8 Å². The number of halogens is 1. The first kappa shape index (κ1) is 8.18. The first-order valence-corrected chi connectivity index (χ1v) is 5.22. The van der Waals surface area contributed by atoms with Gasteiger partial charge in [0.05, 0.1) is 9.71 Å². The average molecular weight is 292 g/mol. The van der Waals surface area contributed by atoms with Gasteiger partial charge < -0.3 is 4.98 Å². The summed E-state index contributed by atoms with van der Waals surface area (Å²) in [6.07, 6.45) is 1.71. The Kier molecular flexibility index (Phi) is 1.91. The van der Waals surface area contributed by atoms with Gasteiger partial charge in [-0.05, 0) is 29.5 Å². The van der Waals surface area contributed by atoms with Gasteiger partial charge in [0, 0.05) is 9.77 Å². The van der Waals surface area contributed by atoms with E-state index in [0.717, 1.165) is 13.3 Å².